The number of hydrogen-bond acceptors (Lipinski definition) is 2. The van der Waals surface area contributed by atoms with Crippen molar-refractivity contribution < 1.29 is 0 Å². The molecule has 2 heteroatoms. The molecule has 0 amide bonds. The Morgan fingerprint density at radius 3 is 2.75 bits per heavy atom. The molecule has 1 heterocycles. The van der Waals surface area contributed by atoms with Gasteiger partial charge in [0.1, 0.15) is 0 Å². The average Bonchev–Trinajstić information content (AvgIpc) is 2.70. The van der Waals surface area contributed by atoms with Crippen LogP contribution in [0.2, 0.25) is 0 Å². The molecule has 1 fully saturated rings. The molecule has 1 aliphatic heterocycles. The standard InChI is InChI=1S/C18H30N2/c1-4-16-11-6-5-9-13-20(16)14-18(19-3)17-12-8-7-10-15(17)2/h7-8,10,12,16,18-19H,4-6,9,11,13-14H2,1-3H3. The maximum atomic E-state index is 3.53. The number of rotatable bonds is 5. The molecule has 1 saturated heterocycles. The van der Waals surface area contributed by atoms with E-state index in [0.29, 0.717) is 6.04 Å². The Morgan fingerprint density at radius 1 is 1.25 bits per heavy atom. The van der Waals surface area contributed by atoms with E-state index in [1.54, 1.807) is 0 Å². The highest BCUT2D eigenvalue weighted by atomic mass is 15.2. The molecule has 2 unspecified atom stereocenters. The molecule has 0 aliphatic carbocycles. The van der Waals surface area contributed by atoms with E-state index in [0.717, 1.165) is 12.6 Å². The Morgan fingerprint density at radius 2 is 2.05 bits per heavy atom. The van der Waals surface area contributed by atoms with Gasteiger partial charge in [0.2, 0.25) is 0 Å². The highest BCUT2D eigenvalue weighted by Gasteiger charge is 2.23. The number of aryl methyl sites for hydroxylation is 1. The van der Waals surface area contributed by atoms with Gasteiger partial charge in [-0.05, 0) is 50.9 Å². The van der Waals surface area contributed by atoms with Crippen LogP contribution in [0.3, 0.4) is 0 Å². The van der Waals surface area contributed by atoms with Crippen molar-refractivity contribution in [1.29, 1.82) is 0 Å². The first-order chi connectivity index (χ1) is 9.76. The van der Waals surface area contributed by atoms with Crippen molar-refractivity contribution in [3.05, 3.63) is 35.4 Å². The lowest BCUT2D eigenvalue weighted by Gasteiger charge is -2.33. The van der Waals surface area contributed by atoms with Crippen LogP contribution >= 0.6 is 0 Å². The molecule has 20 heavy (non-hydrogen) atoms. The second-order valence-electron chi connectivity index (χ2n) is 6.10. The van der Waals surface area contributed by atoms with Gasteiger partial charge >= 0.3 is 0 Å². The van der Waals surface area contributed by atoms with E-state index in [1.165, 1.54) is 49.8 Å². The summed E-state index contributed by atoms with van der Waals surface area (Å²) in [7, 11) is 2.09. The molecule has 1 aromatic rings. The summed E-state index contributed by atoms with van der Waals surface area (Å²) in [5.41, 5.74) is 2.85. The van der Waals surface area contributed by atoms with Gasteiger partial charge in [0.15, 0.2) is 0 Å². The van der Waals surface area contributed by atoms with Crippen molar-refractivity contribution in [2.45, 2.75) is 58.0 Å². The highest BCUT2D eigenvalue weighted by Crippen LogP contribution is 2.24. The minimum absolute atomic E-state index is 0.448. The molecule has 1 aromatic carbocycles. The van der Waals surface area contributed by atoms with Crippen molar-refractivity contribution in [2.24, 2.45) is 0 Å². The van der Waals surface area contributed by atoms with Gasteiger partial charge in [-0.2, -0.15) is 0 Å². The lowest BCUT2D eigenvalue weighted by atomic mass is 9.99. The van der Waals surface area contributed by atoms with Crippen molar-refractivity contribution in [1.82, 2.24) is 10.2 Å². The van der Waals surface area contributed by atoms with Gasteiger partial charge in [-0.25, -0.2) is 0 Å². The molecular formula is C18H30N2. The summed E-state index contributed by atoms with van der Waals surface area (Å²) in [5.74, 6) is 0. The van der Waals surface area contributed by atoms with Crippen LogP contribution in [0.25, 0.3) is 0 Å². The number of nitrogens with zero attached hydrogens (tertiary/aromatic N) is 1. The van der Waals surface area contributed by atoms with Gasteiger partial charge < -0.3 is 5.32 Å². The van der Waals surface area contributed by atoms with Crippen LogP contribution in [-0.4, -0.2) is 31.1 Å². The molecule has 2 rings (SSSR count). The zero-order valence-corrected chi connectivity index (χ0v) is 13.4. The first-order valence-electron chi connectivity index (χ1n) is 8.23. The fraction of sp³-hybridized carbons (Fsp3) is 0.667. The van der Waals surface area contributed by atoms with E-state index in [4.69, 9.17) is 0 Å². The molecular weight excluding hydrogens is 244 g/mol. The van der Waals surface area contributed by atoms with E-state index >= 15 is 0 Å². The second kappa shape index (κ2) is 7.80. The lowest BCUT2D eigenvalue weighted by Crippen LogP contribution is -2.40. The normalized spacial score (nSPS) is 22.4. The minimum atomic E-state index is 0.448. The van der Waals surface area contributed by atoms with E-state index in [2.05, 4.69) is 55.4 Å². The fourth-order valence-electron chi connectivity index (χ4n) is 3.50. The number of likely N-dealkylation sites (N-methyl/N-ethyl adjacent to an activating group) is 1. The van der Waals surface area contributed by atoms with Gasteiger partial charge in [-0.15, -0.1) is 0 Å². The third kappa shape index (κ3) is 3.83. The molecule has 0 bridgehead atoms. The quantitative estimate of drug-likeness (QED) is 0.875. The minimum Gasteiger partial charge on any atom is -0.312 e. The zero-order valence-electron chi connectivity index (χ0n) is 13.4. The zero-order chi connectivity index (χ0) is 14.4. The summed E-state index contributed by atoms with van der Waals surface area (Å²) in [6.07, 6.45) is 6.83. The average molecular weight is 274 g/mol. The SMILES string of the molecule is CCC1CCCCCN1CC(NC)c1ccccc1C. The number of hydrogen-bond donors (Lipinski definition) is 1. The number of nitrogens with one attached hydrogen (secondary N) is 1. The molecule has 2 atom stereocenters. The van der Waals surface area contributed by atoms with Crippen molar-refractivity contribution in [3.63, 3.8) is 0 Å². The number of benzene rings is 1. The third-order valence-corrected chi connectivity index (χ3v) is 4.80. The predicted octanol–water partition coefficient (Wildman–Crippen LogP) is 3.91. The van der Waals surface area contributed by atoms with Crippen molar-refractivity contribution >= 4 is 0 Å². The maximum Gasteiger partial charge on any atom is 0.0449 e. The molecule has 0 aromatic heterocycles. The van der Waals surface area contributed by atoms with Crippen molar-refractivity contribution in [2.75, 3.05) is 20.1 Å². The predicted molar refractivity (Wildman–Crippen MR) is 87.1 cm³/mol. The summed E-state index contributed by atoms with van der Waals surface area (Å²) >= 11 is 0. The van der Waals surface area contributed by atoms with E-state index in [1.807, 2.05) is 0 Å². The molecule has 2 nitrogen and oxygen atoms in total. The Balaban J connectivity index is 2.10. The van der Waals surface area contributed by atoms with E-state index in [-0.39, 0.29) is 0 Å². The second-order valence-corrected chi connectivity index (χ2v) is 6.10. The van der Waals surface area contributed by atoms with Gasteiger partial charge in [0.25, 0.3) is 0 Å². The number of likely N-dealkylation sites (tertiary alicyclic amines) is 1. The molecule has 0 radical (unpaired) electrons. The first-order valence-corrected chi connectivity index (χ1v) is 8.23. The maximum absolute atomic E-state index is 3.53. The molecule has 0 saturated carbocycles. The Labute approximate surface area is 124 Å². The smallest absolute Gasteiger partial charge is 0.0449 e. The molecule has 1 aliphatic rings. The first kappa shape index (κ1) is 15.5. The summed E-state index contributed by atoms with van der Waals surface area (Å²) < 4.78 is 0. The van der Waals surface area contributed by atoms with Crippen LogP contribution in [0.15, 0.2) is 24.3 Å². The largest absolute Gasteiger partial charge is 0.312 e. The van der Waals surface area contributed by atoms with Gasteiger partial charge in [0, 0.05) is 18.6 Å². The summed E-state index contributed by atoms with van der Waals surface area (Å²) in [4.78, 5) is 2.72. The summed E-state index contributed by atoms with van der Waals surface area (Å²) in [6.45, 7) is 6.97. The van der Waals surface area contributed by atoms with Gasteiger partial charge in [-0.1, -0.05) is 44.0 Å². The third-order valence-electron chi connectivity index (χ3n) is 4.80. The van der Waals surface area contributed by atoms with Crippen LogP contribution < -0.4 is 5.32 Å². The van der Waals surface area contributed by atoms with Crippen LogP contribution in [-0.2, 0) is 0 Å². The highest BCUT2D eigenvalue weighted by molar-refractivity contribution is 5.29. The molecule has 112 valence electrons. The van der Waals surface area contributed by atoms with Crippen LogP contribution in [0, 0.1) is 6.92 Å². The molecule has 1 N–H and O–H groups in total. The molecule has 0 spiro atoms. The van der Waals surface area contributed by atoms with E-state index < -0.39 is 0 Å². The van der Waals surface area contributed by atoms with Gasteiger partial charge in [-0.3, -0.25) is 4.90 Å². The Hall–Kier alpha value is -0.860. The van der Waals surface area contributed by atoms with Crippen LogP contribution in [0.4, 0.5) is 0 Å². The summed E-state index contributed by atoms with van der Waals surface area (Å²) in [6, 6.07) is 10.0. The van der Waals surface area contributed by atoms with Crippen LogP contribution in [0.5, 0.6) is 0 Å². The Kier molecular flexibility index (Phi) is 6.06. The topological polar surface area (TPSA) is 15.3 Å². The monoisotopic (exact) mass is 274 g/mol. The van der Waals surface area contributed by atoms with Crippen molar-refractivity contribution in [3.8, 4) is 0 Å². The Bertz CT molecular complexity index is 402. The van der Waals surface area contributed by atoms with Gasteiger partial charge in [0.05, 0.1) is 0 Å². The van der Waals surface area contributed by atoms with E-state index in [9.17, 15) is 0 Å². The fourth-order valence-corrected chi connectivity index (χ4v) is 3.50. The van der Waals surface area contributed by atoms with Crippen LogP contribution in [0.1, 0.15) is 56.2 Å². The lowest BCUT2D eigenvalue weighted by molar-refractivity contribution is 0.176. The summed E-state index contributed by atoms with van der Waals surface area (Å²) in [5, 5.41) is 3.53.